The zero-order valence-corrected chi connectivity index (χ0v) is 11.7. The molecule has 2 rings (SSSR count). The summed E-state index contributed by atoms with van der Waals surface area (Å²) in [4.78, 5) is 9.99. The van der Waals surface area contributed by atoms with Gasteiger partial charge in [-0.3, -0.25) is 10.1 Å². The van der Waals surface area contributed by atoms with Crippen LogP contribution in [0.5, 0.6) is 0 Å². The minimum atomic E-state index is -3.69. The molecule has 8 heteroatoms. The van der Waals surface area contributed by atoms with Crippen LogP contribution in [-0.2, 0) is 10.0 Å². The number of benzene rings is 1. The van der Waals surface area contributed by atoms with Gasteiger partial charge in [0.2, 0.25) is 10.0 Å². The van der Waals surface area contributed by atoms with Crippen molar-refractivity contribution in [3.63, 3.8) is 0 Å². The highest BCUT2D eigenvalue weighted by atomic mass is 32.2. The number of hydrogen-bond donors (Lipinski definition) is 2. The van der Waals surface area contributed by atoms with E-state index in [1.807, 2.05) is 0 Å². The molecule has 0 bridgehead atoms. The summed E-state index contributed by atoms with van der Waals surface area (Å²) in [5.41, 5.74) is 5.77. The molecule has 1 aliphatic carbocycles. The van der Waals surface area contributed by atoms with Gasteiger partial charge in [0.1, 0.15) is 0 Å². The smallest absolute Gasteiger partial charge is 0.269 e. The standard InChI is InChI=1S/C12H17N3O4S/c13-11-3-1-2-4-12(11)14-20(18,19)10-7-5-9(6-8-10)15(16)17/h5-8,11-12,14H,1-4,13H2/t11-,12-/m1/s1. The molecular weight excluding hydrogens is 282 g/mol. The molecular formula is C12H17N3O4S. The van der Waals surface area contributed by atoms with Crippen molar-refractivity contribution in [2.24, 2.45) is 5.73 Å². The molecule has 20 heavy (non-hydrogen) atoms. The number of nitro groups is 1. The molecule has 0 aliphatic heterocycles. The van der Waals surface area contributed by atoms with E-state index in [2.05, 4.69) is 4.72 Å². The highest BCUT2D eigenvalue weighted by molar-refractivity contribution is 7.89. The van der Waals surface area contributed by atoms with Gasteiger partial charge in [-0.05, 0) is 25.0 Å². The minimum Gasteiger partial charge on any atom is -0.326 e. The summed E-state index contributed by atoms with van der Waals surface area (Å²) in [5, 5.41) is 10.5. The molecule has 0 aromatic heterocycles. The number of non-ortho nitro benzene ring substituents is 1. The van der Waals surface area contributed by atoms with Crippen LogP contribution in [0.3, 0.4) is 0 Å². The van der Waals surface area contributed by atoms with Gasteiger partial charge in [0, 0.05) is 24.2 Å². The molecule has 3 N–H and O–H groups in total. The van der Waals surface area contributed by atoms with Gasteiger partial charge in [0.25, 0.3) is 5.69 Å². The van der Waals surface area contributed by atoms with E-state index in [4.69, 9.17) is 5.73 Å². The first kappa shape index (κ1) is 14.9. The first-order valence-corrected chi connectivity index (χ1v) is 7.91. The molecule has 1 fully saturated rings. The third-order valence-electron chi connectivity index (χ3n) is 3.48. The highest BCUT2D eigenvalue weighted by Crippen LogP contribution is 2.20. The number of nitro benzene ring substituents is 1. The molecule has 0 radical (unpaired) electrons. The summed E-state index contributed by atoms with van der Waals surface area (Å²) in [6, 6.07) is 4.36. The molecule has 0 heterocycles. The second-order valence-corrected chi connectivity index (χ2v) is 6.64. The predicted molar refractivity (Wildman–Crippen MR) is 73.6 cm³/mol. The van der Waals surface area contributed by atoms with Gasteiger partial charge in [0.05, 0.1) is 9.82 Å². The monoisotopic (exact) mass is 299 g/mol. The number of sulfonamides is 1. The molecule has 0 saturated heterocycles. The van der Waals surface area contributed by atoms with Crippen molar-refractivity contribution in [1.82, 2.24) is 4.72 Å². The Morgan fingerprint density at radius 2 is 1.80 bits per heavy atom. The summed E-state index contributed by atoms with van der Waals surface area (Å²) < 4.78 is 27.0. The van der Waals surface area contributed by atoms with E-state index in [-0.39, 0.29) is 22.7 Å². The van der Waals surface area contributed by atoms with Crippen LogP contribution in [-0.4, -0.2) is 25.4 Å². The minimum absolute atomic E-state index is 0.0147. The fourth-order valence-corrected chi connectivity index (χ4v) is 3.64. The molecule has 0 unspecified atom stereocenters. The molecule has 0 amide bonds. The fourth-order valence-electron chi connectivity index (χ4n) is 2.32. The summed E-state index contributed by atoms with van der Waals surface area (Å²) in [5.74, 6) is 0. The van der Waals surface area contributed by atoms with Gasteiger partial charge in [-0.2, -0.15) is 0 Å². The summed E-state index contributed by atoms with van der Waals surface area (Å²) in [7, 11) is -3.69. The Balaban J connectivity index is 2.15. The van der Waals surface area contributed by atoms with Gasteiger partial charge in [-0.1, -0.05) is 12.8 Å². The quantitative estimate of drug-likeness (QED) is 0.639. The molecule has 0 spiro atoms. The van der Waals surface area contributed by atoms with Gasteiger partial charge in [0.15, 0.2) is 0 Å². The Morgan fingerprint density at radius 1 is 1.20 bits per heavy atom. The number of nitrogens with zero attached hydrogens (tertiary/aromatic N) is 1. The number of nitrogens with two attached hydrogens (primary N) is 1. The summed E-state index contributed by atoms with van der Waals surface area (Å²) >= 11 is 0. The van der Waals surface area contributed by atoms with E-state index in [9.17, 15) is 18.5 Å². The maximum absolute atomic E-state index is 12.2. The van der Waals surface area contributed by atoms with E-state index in [1.165, 1.54) is 24.3 Å². The zero-order valence-electron chi connectivity index (χ0n) is 10.9. The van der Waals surface area contributed by atoms with Crippen molar-refractivity contribution in [3.05, 3.63) is 34.4 Å². The van der Waals surface area contributed by atoms with E-state index in [1.54, 1.807) is 0 Å². The predicted octanol–water partition coefficient (Wildman–Crippen LogP) is 1.14. The van der Waals surface area contributed by atoms with Crippen molar-refractivity contribution in [1.29, 1.82) is 0 Å². The maximum atomic E-state index is 12.2. The van der Waals surface area contributed by atoms with Gasteiger partial charge >= 0.3 is 0 Å². The van der Waals surface area contributed by atoms with Crippen molar-refractivity contribution in [2.75, 3.05) is 0 Å². The van der Waals surface area contributed by atoms with Gasteiger partial charge < -0.3 is 5.73 Å². The second-order valence-electron chi connectivity index (χ2n) is 4.93. The molecule has 110 valence electrons. The van der Waals surface area contributed by atoms with Crippen molar-refractivity contribution in [3.8, 4) is 0 Å². The van der Waals surface area contributed by atoms with Gasteiger partial charge in [-0.15, -0.1) is 0 Å². The van der Waals surface area contributed by atoms with Crippen LogP contribution in [0.4, 0.5) is 5.69 Å². The topological polar surface area (TPSA) is 115 Å². The Labute approximate surface area is 117 Å². The SMILES string of the molecule is N[C@@H]1CCCC[C@H]1NS(=O)(=O)c1ccc([N+](=O)[O-])cc1. The summed E-state index contributed by atoms with van der Waals surface area (Å²) in [6.07, 6.45) is 3.47. The lowest BCUT2D eigenvalue weighted by atomic mass is 9.92. The molecule has 1 aromatic rings. The normalized spacial score (nSPS) is 23.4. The Hall–Kier alpha value is -1.51. The van der Waals surface area contributed by atoms with Crippen LogP contribution in [0, 0.1) is 10.1 Å². The second kappa shape index (κ2) is 5.86. The lowest BCUT2D eigenvalue weighted by Crippen LogP contribution is -2.49. The lowest BCUT2D eigenvalue weighted by molar-refractivity contribution is -0.384. The van der Waals surface area contributed by atoms with Crippen LogP contribution in [0.2, 0.25) is 0 Å². The summed E-state index contributed by atoms with van der Waals surface area (Å²) in [6.45, 7) is 0. The number of rotatable bonds is 4. The number of hydrogen-bond acceptors (Lipinski definition) is 5. The molecule has 7 nitrogen and oxygen atoms in total. The largest absolute Gasteiger partial charge is 0.326 e. The third-order valence-corrected chi connectivity index (χ3v) is 4.99. The molecule has 2 atom stereocenters. The van der Waals surface area contributed by atoms with Crippen molar-refractivity contribution in [2.45, 2.75) is 42.7 Å². The van der Waals surface area contributed by atoms with Crippen LogP contribution in [0.1, 0.15) is 25.7 Å². The lowest BCUT2D eigenvalue weighted by Gasteiger charge is -2.28. The fraction of sp³-hybridized carbons (Fsp3) is 0.500. The Morgan fingerprint density at radius 3 is 2.35 bits per heavy atom. The first-order chi connectivity index (χ1) is 9.40. The van der Waals surface area contributed by atoms with E-state index in [0.717, 1.165) is 19.3 Å². The average Bonchev–Trinajstić information content (AvgIpc) is 2.41. The Kier molecular flexibility index (Phi) is 4.36. The zero-order chi connectivity index (χ0) is 14.8. The van der Waals surface area contributed by atoms with E-state index in [0.29, 0.717) is 6.42 Å². The Bertz CT molecular complexity index is 585. The highest BCUT2D eigenvalue weighted by Gasteiger charge is 2.27. The van der Waals surface area contributed by atoms with Crippen LogP contribution < -0.4 is 10.5 Å². The van der Waals surface area contributed by atoms with Gasteiger partial charge in [-0.25, -0.2) is 13.1 Å². The van der Waals surface area contributed by atoms with E-state index < -0.39 is 14.9 Å². The number of nitrogens with one attached hydrogen (secondary N) is 1. The maximum Gasteiger partial charge on any atom is 0.269 e. The third kappa shape index (κ3) is 3.33. The van der Waals surface area contributed by atoms with E-state index >= 15 is 0 Å². The molecule has 1 saturated carbocycles. The van der Waals surface area contributed by atoms with Crippen LogP contribution in [0.15, 0.2) is 29.2 Å². The molecule has 1 aliphatic rings. The first-order valence-electron chi connectivity index (χ1n) is 6.42. The van der Waals surface area contributed by atoms with Crippen LogP contribution in [0.25, 0.3) is 0 Å². The average molecular weight is 299 g/mol. The van der Waals surface area contributed by atoms with Crippen LogP contribution >= 0.6 is 0 Å². The molecule has 1 aromatic carbocycles. The van der Waals surface area contributed by atoms with Crippen molar-refractivity contribution < 1.29 is 13.3 Å². The van der Waals surface area contributed by atoms with Crippen molar-refractivity contribution >= 4 is 15.7 Å².